The second kappa shape index (κ2) is 10.6. The summed E-state index contributed by atoms with van der Waals surface area (Å²) in [5.41, 5.74) is 4.30. The summed E-state index contributed by atoms with van der Waals surface area (Å²) >= 11 is 1.45. The average Bonchev–Trinajstić information content (AvgIpc) is 3.66. The van der Waals surface area contributed by atoms with Crippen molar-refractivity contribution >= 4 is 39.9 Å². The predicted molar refractivity (Wildman–Crippen MR) is 140 cm³/mol. The monoisotopic (exact) mass is 503 g/mol. The minimum Gasteiger partial charge on any atom is -0.376 e. The highest BCUT2D eigenvalue weighted by Gasteiger charge is 2.34. The lowest BCUT2D eigenvalue weighted by atomic mass is 10.1. The van der Waals surface area contributed by atoms with Crippen molar-refractivity contribution in [3.8, 4) is 0 Å². The van der Waals surface area contributed by atoms with E-state index in [4.69, 9.17) is 4.74 Å². The van der Waals surface area contributed by atoms with Crippen molar-refractivity contribution in [2.45, 2.75) is 45.4 Å². The number of para-hydroxylation sites is 1. The smallest absolute Gasteiger partial charge is 0.249 e. The van der Waals surface area contributed by atoms with Gasteiger partial charge in [0, 0.05) is 23.7 Å². The van der Waals surface area contributed by atoms with E-state index in [2.05, 4.69) is 15.6 Å². The first-order chi connectivity index (χ1) is 17.5. The summed E-state index contributed by atoms with van der Waals surface area (Å²) in [6, 6.07) is 16.3. The van der Waals surface area contributed by atoms with Crippen LogP contribution in [-0.4, -0.2) is 46.1 Å². The largest absolute Gasteiger partial charge is 0.376 e. The Morgan fingerprint density at radius 1 is 1.17 bits per heavy atom. The van der Waals surface area contributed by atoms with Gasteiger partial charge in [-0.15, -0.1) is 16.4 Å². The lowest BCUT2D eigenvalue weighted by Gasteiger charge is -2.31. The molecule has 0 bridgehead atoms. The number of rotatable bonds is 8. The first-order valence-electron chi connectivity index (χ1n) is 12.1. The summed E-state index contributed by atoms with van der Waals surface area (Å²) in [7, 11) is 0. The van der Waals surface area contributed by atoms with Crippen molar-refractivity contribution in [1.29, 1.82) is 0 Å². The van der Waals surface area contributed by atoms with Crippen molar-refractivity contribution in [3.63, 3.8) is 0 Å². The number of hydrogen-bond acceptors (Lipinski definition) is 6. The van der Waals surface area contributed by atoms with Crippen LogP contribution in [0.1, 0.15) is 34.9 Å². The maximum atomic E-state index is 14.0. The molecule has 1 fully saturated rings. The molecule has 1 aliphatic rings. The number of aromatic nitrogens is 3. The van der Waals surface area contributed by atoms with Gasteiger partial charge in [0.05, 0.1) is 11.6 Å². The second-order valence-corrected chi connectivity index (χ2v) is 10.0. The number of carbonyl (C=O) groups excluding carboxylic acids is 2. The van der Waals surface area contributed by atoms with E-state index in [-0.39, 0.29) is 24.5 Å². The molecule has 4 aromatic rings. The number of amides is 2. The van der Waals surface area contributed by atoms with Crippen LogP contribution in [0.4, 0.5) is 5.69 Å². The van der Waals surface area contributed by atoms with Crippen LogP contribution in [0.25, 0.3) is 11.0 Å². The lowest BCUT2D eigenvalue weighted by Crippen LogP contribution is -2.46. The van der Waals surface area contributed by atoms with Crippen LogP contribution in [-0.2, 0) is 20.9 Å². The molecule has 2 atom stereocenters. The number of thiophene rings is 1. The molecule has 3 heterocycles. The van der Waals surface area contributed by atoms with Crippen LogP contribution < -0.4 is 10.2 Å². The average molecular weight is 504 g/mol. The highest BCUT2D eigenvalue weighted by Crippen LogP contribution is 2.32. The number of hydrogen-bond donors (Lipinski definition) is 1. The van der Waals surface area contributed by atoms with E-state index < -0.39 is 6.04 Å². The summed E-state index contributed by atoms with van der Waals surface area (Å²) in [6.07, 6.45) is 1.92. The minimum absolute atomic E-state index is 0.00483. The van der Waals surface area contributed by atoms with Crippen LogP contribution in [0.2, 0.25) is 0 Å². The molecule has 2 aromatic heterocycles. The van der Waals surface area contributed by atoms with Gasteiger partial charge in [0.25, 0.3) is 0 Å². The predicted octanol–water partition coefficient (Wildman–Crippen LogP) is 4.18. The van der Waals surface area contributed by atoms with Gasteiger partial charge in [-0.1, -0.05) is 29.5 Å². The maximum absolute atomic E-state index is 14.0. The molecular formula is C27H29N5O3S. The molecule has 2 unspecified atom stereocenters. The molecule has 0 radical (unpaired) electrons. The van der Waals surface area contributed by atoms with Gasteiger partial charge < -0.3 is 10.1 Å². The topological polar surface area (TPSA) is 89.4 Å². The zero-order valence-corrected chi connectivity index (χ0v) is 21.2. The first-order valence-corrected chi connectivity index (χ1v) is 13.0. The summed E-state index contributed by atoms with van der Waals surface area (Å²) in [4.78, 5) is 30.1. The van der Waals surface area contributed by atoms with Gasteiger partial charge in [0.2, 0.25) is 11.8 Å². The van der Waals surface area contributed by atoms with E-state index in [1.165, 1.54) is 11.3 Å². The number of carbonyl (C=O) groups is 2. The molecule has 0 spiro atoms. The third kappa shape index (κ3) is 5.03. The molecule has 9 heteroatoms. The Labute approximate surface area is 213 Å². The number of nitrogens with zero attached hydrogens (tertiary/aromatic N) is 4. The van der Waals surface area contributed by atoms with E-state index >= 15 is 0 Å². The molecule has 1 aliphatic heterocycles. The van der Waals surface area contributed by atoms with Gasteiger partial charge in [-0.3, -0.25) is 14.5 Å². The number of anilines is 1. The summed E-state index contributed by atoms with van der Waals surface area (Å²) in [5, 5.41) is 13.4. The van der Waals surface area contributed by atoms with E-state index in [1.807, 2.05) is 73.8 Å². The first kappa shape index (κ1) is 24.1. The zero-order valence-electron chi connectivity index (χ0n) is 20.4. The fourth-order valence-electron chi connectivity index (χ4n) is 4.49. The van der Waals surface area contributed by atoms with Crippen molar-refractivity contribution in [2.24, 2.45) is 0 Å². The SMILES string of the molecule is Cc1ccc(N(C(=O)Cn2nnc3ccccc32)C(C(=O)NCC2CCCO2)c2cccs2)cc1C. The Bertz CT molecular complexity index is 1360. The molecule has 0 aliphatic carbocycles. The Balaban J connectivity index is 1.52. The van der Waals surface area contributed by atoms with Gasteiger partial charge in [-0.25, -0.2) is 4.68 Å². The molecule has 2 aromatic carbocycles. The van der Waals surface area contributed by atoms with Crippen molar-refractivity contribution < 1.29 is 14.3 Å². The van der Waals surface area contributed by atoms with Gasteiger partial charge >= 0.3 is 0 Å². The highest BCUT2D eigenvalue weighted by molar-refractivity contribution is 7.10. The molecular weight excluding hydrogens is 474 g/mol. The summed E-state index contributed by atoms with van der Waals surface area (Å²) in [6.45, 7) is 5.12. The van der Waals surface area contributed by atoms with E-state index in [0.717, 1.165) is 34.4 Å². The summed E-state index contributed by atoms with van der Waals surface area (Å²) < 4.78 is 7.28. The van der Waals surface area contributed by atoms with Crippen LogP contribution in [0.3, 0.4) is 0 Å². The van der Waals surface area contributed by atoms with Crippen LogP contribution in [0.15, 0.2) is 60.0 Å². The molecule has 1 saturated heterocycles. The van der Waals surface area contributed by atoms with Crippen LogP contribution in [0, 0.1) is 13.8 Å². The number of fused-ring (bicyclic) bond motifs is 1. The molecule has 36 heavy (non-hydrogen) atoms. The lowest BCUT2D eigenvalue weighted by molar-refractivity contribution is -0.127. The second-order valence-electron chi connectivity index (χ2n) is 9.07. The van der Waals surface area contributed by atoms with Crippen LogP contribution >= 0.6 is 11.3 Å². The molecule has 2 amide bonds. The minimum atomic E-state index is -0.823. The van der Waals surface area contributed by atoms with Crippen molar-refractivity contribution in [3.05, 3.63) is 76.0 Å². The third-order valence-corrected chi connectivity index (χ3v) is 7.51. The van der Waals surface area contributed by atoms with E-state index in [9.17, 15) is 9.59 Å². The van der Waals surface area contributed by atoms with Crippen molar-refractivity contribution in [1.82, 2.24) is 20.3 Å². The Kier molecular flexibility index (Phi) is 7.11. The van der Waals surface area contributed by atoms with Gasteiger partial charge in [-0.2, -0.15) is 0 Å². The maximum Gasteiger partial charge on any atom is 0.249 e. The van der Waals surface area contributed by atoms with Crippen LogP contribution in [0.5, 0.6) is 0 Å². The fourth-order valence-corrected chi connectivity index (χ4v) is 5.30. The number of aryl methyl sites for hydroxylation is 2. The van der Waals surface area contributed by atoms with Gasteiger partial charge in [0.1, 0.15) is 18.1 Å². The number of nitrogens with one attached hydrogen (secondary N) is 1. The summed E-state index contributed by atoms with van der Waals surface area (Å²) in [5.74, 6) is -0.484. The van der Waals surface area contributed by atoms with E-state index in [0.29, 0.717) is 24.4 Å². The van der Waals surface area contributed by atoms with Gasteiger partial charge in [-0.05, 0) is 73.5 Å². The van der Waals surface area contributed by atoms with Gasteiger partial charge in [0.15, 0.2) is 0 Å². The van der Waals surface area contributed by atoms with E-state index in [1.54, 1.807) is 9.58 Å². The molecule has 8 nitrogen and oxygen atoms in total. The molecule has 5 rings (SSSR count). The Morgan fingerprint density at radius 3 is 2.78 bits per heavy atom. The molecule has 0 saturated carbocycles. The number of benzene rings is 2. The number of ether oxygens (including phenoxy) is 1. The van der Waals surface area contributed by atoms with Crippen molar-refractivity contribution in [2.75, 3.05) is 18.1 Å². The molecule has 1 N–H and O–H groups in total. The standard InChI is InChI=1S/C27H29N5O3S/c1-18-11-12-20(15-19(18)2)32(25(33)17-31-23-9-4-3-8-22(23)29-30-31)26(24-10-6-14-36-24)27(34)28-16-21-7-5-13-35-21/h3-4,6,8-12,14-15,21,26H,5,7,13,16-17H2,1-2H3,(H,28,34). The Morgan fingerprint density at radius 2 is 2.03 bits per heavy atom. The quantitative estimate of drug-likeness (QED) is 0.390. The Hall–Kier alpha value is -3.56. The highest BCUT2D eigenvalue weighted by atomic mass is 32.1. The molecule has 186 valence electrons. The third-order valence-electron chi connectivity index (χ3n) is 6.59. The fraction of sp³-hybridized carbons (Fsp3) is 0.333. The zero-order chi connectivity index (χ0) is 25.1. The normalized spacial score (nSPS) is 16.2.